The van der Waals surface area contributed by atoms with E-state index < -0.39 is 0 Å². The van der Waals surface area contributed by atoms with E-state index in [-0.39, 0.29) is 11.3 Å². The Bertz CT molecular complexity index is 479. The summed E-state index contributed by atoms with van der Waals surface area (Å²) in [7, 11) is 3.64. The number of nitrogens with one attached hydrogen (secondary N) is 2. The minimum Gasteiger partial charge on any atom is -0.379 e. The number of carbonyl (C=O) groups excluding carboxylic acids is 1. The molecule has 0 aromatic carbocycles. The Hall–Kier alpha value is -0.430. The van der Waals surface area contributed by atoms with E-state index in [0.717, 1.165) is 12.3 Å². The van der Waals surface area contributed by atoms with Crippen molar-refractivity contribution in [1.82, 2.24) is 10.6 Å². The minimum absolute atomic E-state index is 0.0440. The highest BCUT2D eigenvalue weighted by Crippen LogP contribution is 2.31. The van der Waals surface area contributed by atoms with Crippen LogP contribution in [0.3, 0.4) is 0 Å². The van der Waals surface area contributed by atoms with E-state index in [9.17, 15) is 4.79 Å². The van der Waals surface area contributed by atoms with Crippen LogP contribution in [0, 0.1) is 23.7 Å². The lowest BCUT2D eigenvalue weighted by molar-refractivity contribution is -0.122. The zero-order chi connectivity index (χ0) is 22.6. The monoisotopic (exact) mass is 462 g/mol. The van der Waals surface area contributed by atoms with Crippen molar-refractivity contribution < 1.29 is 19.0 Å². The van der Waals surface area contributed by atoms with Crippen LogP contribution in [-0.4, -0.2) is 69.3 Å². The van der Waals surface area contributed by atoms with Crippen LogP contribution in [-0.2, 0) is 19.0 Å². The molecule has 0 saturated carbocycles. The predicted octanol–water partition coefficient (Wildman–Crippen LogP) is 3.56. The molecule has 0 aromatic rings. The number of hydrogen-bond acceptors (Lipinski definition) is 7. The van der Waals surface area contributed by atoms with Gasteiger partial charge in [-0.25, -0.2) is 0 Å². The van der Waals surface area contributed by atoms with Crippen molar-refractivity contribution in [2.75, 3.05) is 51.9 Å². The van der Waals surface area contributed by atoms with Crippen molar-refractivity contribution >= 4 is 27.5 Å². The Morgan fingerprint density at radius 1 is 0.967 bits per heavy atom. The normalized spacial score (nSPS) is 12.3. The van der Waals surface area contributed by atoms with Gasteiger partial charge < -0.3 is 24.8 Å². The van der Waals surface area contributed by atoms with Gasteiger partial charge >= 0.3 is 0 Å². The van der Waals surface area contributed by atoms with Gasteiger partial charge in [0.1, 0.15) is 5.44 Å². The molecule has 2 N–H and O–H groups in total. The highest BCUT2D eigenvalue weighted by Gasteiger charge is 2.14. The minimum atomic E-state index is -0.0440. The van der Waals surface area contributed by atoms with Crippen molar-refractivity contribution in [2.24, 2.45) is 11.8 Å². The van der Waals surface area contributed by atoms with Crippen LogP contribution in [0.5, 0.6) is 0 Å². The second kappa shape index (κ2) is 20.5. The molecule has 0 rings (SSSR count). The fourth-order valence-electron chi connectivity index (χ4n) is 2.03. The van der Waals surface area contributed by atoms with E-state index >= 15 is 0 Å². The van der Waals surface area contributed by atoms with Crippen LogP contribution in [0.25, 0.3) is 0 Å². The molecule has 1 atom stereocenters. The van der Waals surface area contributed by atoms with Crippen LogP contribution in [0.1, 0.15) is 48.0 Å². The first-order valence-corrected chi connectivity index (χ1v) is 13.2. The molecule has 6 nitrogen and oxygen atoms in total. The van der Waals surface area contributed by atoms with Crippen LogP contribution in [0.2, 0.25) is 0 Å². The first-order chi connectivity index (χ1) is 14.3. The lowest BCUT2D eigenvalue weighted by Gasteiger charge is -2.20. The van der Waals surface area contributed by atoms with Gasteiger partial charge in [-0.05, 0) is 5.92 Å². The summed E-state index contributed by atoms with van der Waals surface area (Å²) in [5, 5.41) is 6.17. The summed E-state index contributed by atoms with van der Waals surface area (Å²) >= 11 is 0. The lowest BCUT2D eigenvalue weighted by Crippen LogP contribution is -2.25. The van der Waals surface area contributed by atoms with Gasteiger partial charge in [-0.15, -0.1) is 0 Å². The molecule has 0 aliphatic rings. The molecule has 0 aromatic heterocycles. The van der Waals surface area contributed by atoms with E-state index in [4.69, 9.17) is 14.2 Å². The molecular formula is C22H42N2O4S2. The third-order valence-corrected chi connectivity index (χ3v) is 6.42. The smallest absolute Gasteiger partial charge is 0.223 e. The Labute approximate surface area is 192 Å². The SMILES string of the molecule is CC(C)C#CCNC(=O)CCOCCOCCOC(SSCCNC(C)C)C(C)C. The Balaban J connectivity index is 3.57. The fourth-order valence-corrected chi connectivity index (χ4v) is 4.61. The molecule has 176 valence electrons. The summed E-state index contributed by atoms with van der Waals surface area (Å²) in [5.41, 5.74) is 0.164. The van der Waals surface area contributed by atoms with Crippen LogP contribution >= 0.6 is 21.6 Å². The summed E-state index contributed by atoms with van der Waals surface area (Å²) in [6, 6.07) is 0.528. The van der Waals surface area contributed by atoms with Crippen LogP contribution in [0.4, 0.5) is 0 Å². The van der Waals surface area contributed by atoms with E-state index in [1.165, 1.54) is 0 Å². The molecule has 1 amide bonds. The van der Waals surface area contributed by atoms with Crippen molar-refractivity contribution in [3.63, 3.8) is 0 Å². The van der Waals surface area contributed by atoms with Crippen molar-refractivity contribution in [3.05, 3.63) is 0 Å². The molecule has 0 spiro atoms. The maximum absolute atomic E-state index is 11.6. The molecule has 0 heterocycles. The van der Waals surface area contributed by atoms with Crippen LogP contribution < -0.4 is 10.6 Å². The zero-order valence-corrected chi connectivity index (χ0v) is 21.3. The highest BCUT2D eigenvalue weighted by atomic mass is 33.1. The van der Waals surface area contributed by atoms with E-state index in [2.05, 4.69) is 50.2 Å². The summed E-state index contributed by atoms with van der Waals surface area (Å²) in [4.78, 5) is 11.6. The Kier molecular flexibility index (Phi) is 20.2. The van der Waals surface area contributed by atoms with Gasteiger partial charge in [0.15, 0.2) is 0 Å². The fraction of sp³-hybridized carbons (Fsp3) is 0.864. The number of amides is 1. The van der Waals surface area contributed by atoms with Gasteiger partial charge in [-0.1, -0.05) is 75.0 Å². The molecule has 8 heteroatoms. The number of carbonyl (C=O) groups is 1. The Morgan fingerprint density at radius 2 is 1.63 bits per heavy atom. The summed E-state index contributed by atoms with van der Waals surface area (Å²) in [6.45, 7) is 16.6. The first kappa shape index (κ1) is 29.6. The molecule has 0 aliphatic carbocycles. The maximum atomic E-state index is 11.6. The third-order valence-electron chi connectivity index (χ3n) is 3.57. The zero-order valence-electron chi connectivity index (χ0n) is 19.6. The Morgan fingerprint density at radius 3 is 2.27 bits per heavy atom. The molecule has 0 radical (unpaired) electrons. The average molecular weight is 463 g/mol. The van der Waals surface area contributed by atoms with E-state index in [0.29, 0.717) is 63.9 Å². The first-order valence-electron chi connectivity index (χ1n) is 10.9. The van der Waals surface area contributed by atoms with Crippen molar-refractivity contribution in [3.8, 4) is 11.8 Å². The number of rotatable bonds is 18. The van der Waals surface area contributed by atoms with Crippen molar-refractivity contribution in [2.45, 2.75) is 59.4 Å². The second-order valence-corrected chi connectivity index (χ2v) is 10.3. The molecule has 30 heavy (non-hydrogen) atoms. The standard InChI is InChI=1S/C22H42N2O4S2/c1-18(2)8-7-10-24-21(25)9-12-26-13-14-27-15-16-28-22(19(3)4)30-29-17-11-23-20(5)6/h18-20,22-23H,9-17H2,1-6H3,(H,24,25). The molecule has 0 bridgehead atoms. The largest absolute Gasteiger partial charge is 0.379 e. The van der Waals surface area contributed by atoms with Gasteiger partial charge in [0.05, 0.1) is 39.6 Å². The van der Waals surface area contributed by atoms with Gasteiger partial charge in [0.2, 0.25) is 5.91 Å². The van der Waals surface area contributed by atoms with Gasteiger partial charge in [-0.2, -0.15) is 0 Å². The van der Waals surface area contributed by atoms with Crippen molar-refractivity contribution in [1.29, 1.82) is 0 Å². The summed E-state index contributed by atoms with van der Waals surface area (Å²) < 4.78 is 16.9. The molecule has 0 aliphatic heterocycles. The van der Waals surface area contributed by atoms with Gasteiger partial charge in [0, 0.05) is 30.7 Å². The van der Waals surface area contributed by atoms with E-state index in [1.54, 1.807) is 10.8 Å². The average Bonchev–Trinajstić information content (AvgIpc) is 2.67. The lowest BCUT2D eigenvalue weighted by atomic mass is 10.2. The number of hydrogen-bond donors (Lipinski definition) is 2. The van der Waals surface area contributed by atoms with Gasteiger partial charge in [0.25, 0.3) is 0 Å². The topological polar surface area (TPSA) is 68.8 Å². The van der Waals surface area contributed by atoms with E-state index in [1.807, 2.05) is 24.6 Å². The highest BCUT2D eigenvalue weighted by molar-refractivity contribution is 8.76. The van der Waals surface area contributed by atoms with Gasteiger partial charge in [-0.3, -0.25) is 4.79 Å². The third kappa shape index (κ3) is 20.8. The summed E-state index contributed by atoms with van der Waals surface area (Å²) in [6.07, 6.45) is 0.337. The second-order valence-electron chi connectivity index (χ2n) is 7.74. The number of ether oxygens (including phenoxy) is 3. The molecule has 1 unspecified atom stereocenters. The quantitative estimate of drug-likeness (QED) is 0.140. The maximum Gasteiger partial charge on any atom is 0.223 e. The molecule has 0 fully saturated rings. The molecule has 0 saturated heterocycles. The van der Waals surface area contributed by atoms with Crippen LogP contribution in [0.15, 0.2) is 0 Å². The summed E-state index contributed by atoms with van der Waals surface area (Å²) in [5.74, 6) is 7.72. The predicted molar refractivity (Wildman–Crippen MR) is 130 cm³/mol. The molecular weight excluding hydrogens is 420 g/mol.